The van der Waals surface area contributed by atoms with Crippen LogP contribution in [0.15, 0.2) is 16.0 Å². The lowest BCUT2D eigenvalue weighted by Gasteiger charge is -2.09. The van der Waals surface area contributed by atoms with Crippen molar-refractivity contribution in [1.29, 1.82) is 0 Å². The van der Waals surface area contributed by atoms with Gasteiger partial charge in [0.05, 0.1) is 5.88 Å². The summed E-state index contributed by atoms with van der Waals surface area (Å²) < 4.78 is 5.34. The van der Waals surface area contributed by atoms with Crippen LogP contribution in [-0.2, 0) is 18.7 Å². The third-order valence-electron chi connectivity index (χ3n) is 2.59. The van der Waals surface area contributed by atoms with Gasteiger partial charge in [-0.1, -0.05) is 5.16 Å². The third-order valence-corrected chi connectivity index (χ3v) is 3.82. The highest BCUT2D eigenvalue weighted by Gasteiger charge is 2.24. The minimum Gasteiger partial charge on any atom is -0.356 e. The molecule has 0 aromatic carbocycles. The number of aromatic nitrogens is 1. The molecule has 4 heteroatoms. The van der Waals surface area contributed by atoms with Gasteiger partial charge in [0.25, 0.3) is 0 Å². The second-order valence-electron chi connectivity index (χ2n) is 3.33. The van der Waals surface area contributed by atoms with Crippen LogP contribution in [0, 0.1) is 0 Å². The lowest BCUT2D eigenvalue weighted by molar-refractivity contribution is 0.425. The van der Waals surface area contributed by atoms with E-state index in [0.717, 1.165) is 24.3 Å². The molecule has 0 bridgehead atoms. The molecule has 0 aliphatic heterocycles. The molecule has 0 atom stereocenters. The number of hydrogen-bond donors (Lipinski definition) is 0. The number of alkyl halides is 1. The molecule has 2 nitrogen and oxygen atoms in total. The number of nitrogens with zero attached hydrogens (tertiary/aromatic N) is 1. The summed E-state index contributed by atoms with van der Waals surface area (Å²) in [5.41, 5.74) is 3.31. The van der Waals surface area contributed by atoms with Crippen molar-refractivity contribution in [3.05, 3.63) is 27.6 Å². The fourth-order valence-electron chi connectivity index (χ4n) is 1.89. The highest BCUT2D eigenvalue weighted by Crippen LogP contribution is 2.38. The number of thiophene rings is 1. The van der Waals surface area contributed by atoms with E-state index in [1.54, 1.807) is 11.3 Å². The van der Waals surface area contributed by atoms with Crippen LogP contribution < -0.4 is 0 Å². The van der Waals surface area contributed by atoms with Crippen LogP contribution >= 0.6 is 22.9 Å². The standard InChI is InChI=1S/C10H8ClNOS/c11-5-8-6-1-2-9-7(3-4-14-9)10(6)13-12-8/h3-4H,1-2,5H2. The highest BCUT2D eigenvalue weighted by molar-refractivity contribution is 7.10. The largest absolute Gasteiger partial charge is 0.356 e. The maximum atomic E-state index is 5.79. The number of halogens is 1. The zero-order valence-electron chi connectivity index (χ0n) is 7.42. The first-order chi connectivity index (χ1) is 6.90. The molecule has 0 radical (unpaired) electrons. The van der Waals surface area contributed by atoms with Gasteiger partial charge in [-0.25, -0.2) is 0 Å². The lowest BCUT2D eigenvalue weighted by atomic mass is 9.96. The van der Waals surface area contributed by atoms with Gasteiger partial charge in [0, 0.05) is 16.0 Å². The summed E-state index contributed by atoms with van der Waals surface area (Å²) in [7, 11) is 0. The van der Waals surface area contributed by atoms with E-state index in [0.29, 0.717) is 5.88 Å². The van der Waals surface area contributed by atoms with E-state index in [2.05, 4.69) is 16.6 Å². The van der Waals surface area contributed by atoms with Gasteiger partial charge in [-0.15, -0.1) is 22.9 Å². The first kappa shape index (κ1) is 8.50. The maximum absolute atomic E-state index is 5.79. The minimum atomic E-state index is 0.443. The van der Waals surface area contributed by atoms with Crippen molar-refractivity contribution in [2.45, 2.75) is 18.7 Å². The lowest BCUT2D eigenvalue weighted by Crippen LogP contribution is -2.00. The summed E-state index contributed by atoms with van der Waals surface area (Å²) in [5.74, 6) is 1.38. The van der Waals surface area contributed by atoms with E-state index in [1.807, 2.05) is 0 Å². The number of rotatable bonds is 1. The van der Waals surface area contributed by atoms with Crippen molar-refractivity contribution in [2.75, 3.05) is 0 Å². The minimum absolute atomic E-state index is 0.443. The first-order valence-electron chi connectivity index (χ1n) is 4.50. The Morgan fingerprint density at radius 3 is 3.29 bits per heavy atom. The van der Waals surface area contributed by atoms with Crippen LogP contribution in [-0.4, -0.2) is 5.16 Å². The van der Waals surface area contributed by atoms with E-state index in [1.165, 1.54) is 16.0 Å². The monoisotopic (exact) mass is 225 g/mol. The summed E-state index contributed by atoms with van der Waals surface area (Å²) in [6.07, 6.45) is 2.10. The normalized spacial score (nSPS) is 13.8. The second kappa shape index (κ2) is 3.11. The quantitative estimate of drug-likeness (QED) is 0.697. The predicted octanol–water partition coefficient (Wildman–Crippen LogP) is 3.24. The summed E-state index contributed by atoms with van der Waals surface area (Å²) in [5, 5.41) is 6.09. The van der Waals surface area contributed by atoms with E-state index in [9.17, 15) is 0 Å². The Balaban J connectivity index is 2.22. The van der Waals surface area contributed by atoms with Gasteiger partial charge in [0.2, 0.25) is 0 Å². The Bertz CT molecular complexity index is 474. The van der Waals surface area contributed by atoms with Gasteiger partial charge >= 0.3 is 0 Å². The number of fused-ring (bicyclic) bond motifs is 3. The van der Waals surface area contributed by atoms with Crippen molar-refractivity contribution in [3.8, 4) is 11.3 Å². The molecule has 14 heavy (non-hydrogen) atoms. The molecule has 72 valence electrons. The molecule has 0 fully saturated rings. The molecule has 2 aromatic heterocycles. The molecule has 0 unspecified atom stereocenters. The highest BCUT2D eigenvalue weighted by atomic mass is 35.5. The Labute approximate surface area is 90.5 Å². The Morgan fingerprint density at radius 2 is 2.43 bits per heavy atom. The van der Waals surface area contributed by atoms with E-state index < -0.39 is 0 Å². The molecule has 0 saturated heterocycles. The van der Waals surface area contributed by atoms with Crippen LogP contribution in [0.3, 0.4) is 0 Å². The maximum Gasteiger partial charge on any atom is 0.171 e. The molecule has 0 N–H and O–H groups in total. The van der Waals surface area contributed by atoms with Gasteiger partial charge in [-0.05, 0) is 24.3 Å². The fourth-order valence-corrected chi connectivity index (χ4v) is 2.98. The predicted molar refractivity (Wildman–Crippen MR) is 56.8 cm³/mol. The molecular weight excluding hydrogens is 218 g/mol. The Morgan fingerprint density at radius 1 is 1.50 bits per heavy atom. The van der Waals surface area contributed by atoms with Gasteiger partial charge in [-0.2, -0.15) is 0 Å². The summed E-state index contributed by atoms with van der Waals surface area (Å²) in [4.78, 5) is 1.40. The molecule has 2 heterocycles. The molecule has 3 rings (SSSR count). The van der Waals surface area contributed by atoms with Gasteiger partial charge < -0.3 is 4.52 Å². The zero-order valence-corrected chi connectivity index (χ0v) is 8.99. The van der Waals surface area contributed by atoms with Crippen molar-refractivity contribution in [2.24, 2.45) is 0 Å². The smallest absolute Gasteiger partial charge is 0.171 e. The molecule has 0 spiro atoms. The second-order valence-corrected chi connectivity index (χ2v) is 4.60. The van der Waals surface area contributed by atoms with Crippen LogP contribution in [0.2, 0.25) is 0 Å². The van der Waals surface area contributed by atoms with Crippen LogP contribution in [0.25, 0.3) is 11.3 Å². The third kappa shape index (κ3) is 1.06. The summed E-state index contributed by atoms with van der Waals surface area (Å²) in [6, 6.07) is 2.10. The molecule has 1 aliphatic rings. The average molecular weight is 226 g/mol. The SMILES string of the molecule is ClCc1noc2c1CCc1sccc1-2. The topological polar surface area (TPSA) is 26.0 Å². The van der Waals surface area contributed by atoms with Crippen molar-refractivity contribution in [3.63, 3.8) is 0 Å². The van der Waals surface area contributed by atoms with Crippen molar-refractivity contribution < 1.29 is 4.52 Å². The number of hydrogen-bond acceptors (Lipinski definition) is 3. The van der Waals surface area contributed by atoms with Crippen LogP contribution in [0.5, 0.6) is 0 Å². The van der Waals surface area contributed by atoms with Crippen LogP contribution in [0.1, 0.15) is 16.1 Å². The molecule has 0 amide bonds. The molecule has 2 aromatic rings. The summed E-state index contributed by atoms with van der Waals surface area (Å²) in [6.45, 7) is 0. The zero-order chi connectivity index (χ0) is 9.54. The van der Waals surface area contributed by atoms with Crippen molar-refractivity contribution in [1.82, 2.24) is 5.16 Å². The Kier molecular flexibility index (Phi) is 1.89. The summed E-state index contributed by atoms with van der Waals surface area (Å²) >= 11 is 7.57. The first-order valence-corrected chi connectivity index (χ1v) is 5.91. The Hall–Kier alpha value is -0.800. The van der Waals surface area contributed by atoms with E-state index in [4.69, 9.17) is 16.1 Å². The van der Waals surface area contributed by atoms with Gasteiger partial charge in [0.15, 0.2) is 5.76 Å². The molecule has 1 aliphatic carbocycles. The van der Waals surface area contributed by atoms with Crippen molar-refractivity contribution >= 4 is 22.9 Å². The van der Waals surface area contributed by atoms with Gasteiger partial charge in [0.1, 0.15) is 5.69 Å². The van der Waals surface area contributed by atoms with Gasteiger partial charge in [-0.3, -0.25) is 0 Å². The van der Waals surface area contributed by atoms with Crippen LogP contribution in [0.4, 0.5) is 0 Å². The van der Waals surface area contributed by atoms with E-state index in [-0.39, 0.29) is 0 Å². The molecule has 0 saturated carbocycles. The fraction of sp³-hybridized carbons (Fsp3) is 0.300. The average Bonchev–Trinajstić information content (AvgIpc) is 2.82. The molecular formula is C10H8ClNOS. The van der Waals surface area contributed by atoms with E-state index >= 15 is 0 Å². The number of aryl methyl sites for hydroxylation is 1.